The molecule has 4 rings (SSSR count). The van der Waals surface area contributed by atoms with E-state index >= 15 is 0 Å². The first-order valence-electron chi connectivity index (χ1n) is 8.10. The molecule has 2 fully saturated rings. The van der Waals surface area contributed by atoms with Gasteiger partial charge in [-0.25, -0.2) is 0 Å². The SMILES string of the molecule is Cc1ccsc1[C@@H]1C[C@H]1C(=O)N[C@H]1CCO[C@@H]1c1cccnc1. The van der Waals surface area contributed by atoms with Gasteiger partial charge >= 0.3 is 0 Å². The van der Waals surface area contributed by atoms with Crippen molar-refractivity contribution in [2.24, 2.45) is 5.92 Å². The third-order valence-electron chi connectivity index (χ3n) is 4.80. The molecule has 120 valence electrons. The van der Waals surface area contributed by atoms with Crippen molar-refractivity contribution in [1.29, 1.82) is 0 Å². The highest BCUT2D eigenvalue weighted by atomic mass is 32.1. The van der Waals surface area contributed by atoms with Crippen LogP contribution in [0.3, 0.4) is 0 Å². The average molecular weight is 328 g/mol. The van der Waals surface area contributed by atoms with Gasteiger partial charge in [0.2, 0.25) is 5.91 Å². The van der Waals surface area contributed by atoms with Crippen LogP contribution in [0.4, 0.5) is 0 Å². The van der Waals surface area contributed by atoms with E-state index in [0.717, 1.165) is 18.4 Å². The average Bonchev–Trinajstić information content (AvgIpc) is 3.03. The largest absolute Gasteiger partial charge is 0.371 e. The molecule has 5 heteroatoms. The highest BCUT2D eigenvalue weighted by Crippen LogP contribution is 2.50. The van der Waals surface area contributed by atoms with E-state index in [2.05, 4.69) is 28.7 Å². The van der Waals surface area contributed by atoms with Crippen molar-refractivity contribution in [3.63, 3.8) is 0 Å². The van der Waals surface area contributed by atoms with Crippen molar-refractivity contribution < 1.29 is 9.53 Å². The molecular formula is C18H20N2O2S. The van der Waals surface area contributed by atoms with Gasteiger partial charge in [0, 0.05) is 41.3 Å². The summed E-state index contributed by atoms with van der Waals surface area (Å²) in [5.41, 5.74) is 2.35. The quantitative estimate of drug-likeness (QED) is 0.938. The molecule has 23 heavy (non-hydrogen) atoms. The maximum absolute atomic E-state index is 12.6. The van der Waals surface area contributed by atoms with Gasteiger partial charge in [0.1, 0.15) is 6.10 Å². The number of carbonyl (C=O) groups is 1. The fourth-order valence-electron chi connectivity index (χ4n) is 3.44. The number of pyridine rings is 1. The van der Waals surface area contributed by atoms with E-state index in [-0.39, 0.29) is 24.0 Å². The maximum atomic E-state index is 12.6. The molecule has 1 amide bonds. The van der Waals surface area contributed by atoms with E-state index in [4.69, 9.17) is 4.74 Å². The van der Waals surface area contributed by atoms with Gasteiger partial charge in [-0.3, -0.25) is 9.78 Å². The normalized spacial score (nSPS) is 29.4. The van der Waals surface area contributed by atoms with Gasteiger partial charge in [0.25, 0.3) is 0 Å². The summed E-state index contributed by atoms with van der Waals surface area (Å²) in [5.74, 6) is 0.712. The standard InChI is InChI=1S/C18H20N2O2S/c1-11-5-8-23-17(11)13-9-14(13)18(21)20-15-4-7-22-16(15)12-3-2-6-19-10-12/h2-3,5-6,8,10,13-16H,4,7,9H2,1H3,(H,20,21)/t13-,14-,15+,16-/m1/s1. The molecule has 1 aliphatic heterocycles. The van der Waals surface area contributed by atoms with Gasteiger partial charge in [-0.2, -0.15) is 0 Å². The van der Waals surface area contributed by atoms with E-state index in [1.807, 2.05) is 18.3 Å². The Hall–Kier alpha value is -1.72. The number of rotatable bonds is 4. The summed E-state index contributed by atoms with van der Waals surface area (Å²) >= 11 is 1.77. The van der Waals surface area contributed by atoms with E-state index in [9.17, 15) is 4.79 Å². The fourth-order valence-corrected chi connectivity index (χ4v) is 4.55. The molecule has 1 saturated heterocycles. The number of nitrogens with one attached hydrogen (secondary N) is 1. The van der Waals surface area contributed by atoms with Gasteiger partial charge in [-0.05, 0) is 42.8 Å². The fraction of sp³-hybridized carbons (Fsp3) is 0.444. The zero-order valence-corrected chi connectivity index (χ0v) is 13.9. The van der Waals surface area contributed by atoms with Crippen LogP contribution in [-0.4, -0.2) is 23.5 Å². The van der Waals surface area contributed by atoms with Crippen LogP contribution < -0.4 is 5.32 Å². The van der Waals surface area contributed by atoms with E-state index in [0.29, 0.717) is 12.5 Å². The summed E-state index contributed by atoms with van der Waals surface area (Å²) in [6.07, 6.45) is 5.33. The van der Waals surface area contributed by atoms with Crippen molar-refractivity contribution >= 4 is 17.2 Å². The lowest BCUT2D eigenvalue weighted by Gasteiger charge is -2.20. The van der Waals surface area contributed by atoms with Gasteiger partial charge in [-0.15, -0.1) is 11.3 Å². The Kier molecular flexibility index (Phi) is 3.91. The third-order valence-corrected chi connectivity index (χ3v) is 5.95. The van der Waals surface area contributed by atoms with Crippen LogP contribution in [-0.2, 0) is 9.53 Å². The Morgan fingerprint density at radius 2 is 2.35 bits per heavy atom. The number of hydrogen-bond acceptors (Lipinski definition) is 4. The molecule has 0 bridgehead atoms. The lowest BCUT2D eigenvalue weighted by atomic mass is 10.0. The van der Waals surface area contributed by atoms with Gasteiger partial charge in [-0.1, -0.05) is 6.07 Å². The van der Waals surface area contributed by atoms with Crippen molar-refractivity contribution in [2.75, 3.05) is 6.61 Å². The molecule has 2 aromatic rings. The molecule has 4 nitrogen and oxygen atoms in total. The Morgan fingerprint density at radius 3 is 3.09 bits per heavy atom. The molecule has 3 heterocycles. The summed E-state index contributed by atoms with van der Waals surface area (Å²) in [4.78, 5) is 18.1. The smallest absolute Gasteiger partial charge is 0.224 e. The van der Waals surface area contributed by atoms with E-state index in [1.165, 1.54) is 10.4 Å². The summed E-state index contributed by atoms with van der Waals surface area (Å²) in [6, 6.07) is 6.11. The van der Waals surface area contributed by atoms with Crippen molar-refractivity contribution in [3.8, 4) is 0 Å². The first-order valence-corrected chi connectivity index (χ1v) is 8.98. The first-order chi connectivity index (χ1) is 11.2. The molecule has 0 aromatic carbocycles. The summed E-state index contributed by atoms with van der Waals surface area (Å²) in [6.45, 7) is 2.81. The van der Waals surface area contributed by atoms with Crippen LogP contribution in [0.2, 0.25) is 0 Å². The number of hydrogen-bond donors (Lipinski definition) is 1. The van der Waals surface area contributed by atoms with E-state index in [1.54, 1.807) is 17.5 Å². The Labute approximate surface area is 139 Å². The second-order valence-corrected chi connectivity index (χ2v) is 7.35. The topological polar surface area (TPSA) is 51.2 Å². The van der Waals surface area contributed by atoms with Crippen LogP contribution in [0.15, 0.2) is 36.0 Å². The van der Waals surface area contributed by atoms with Crippen LogP contribution in [0.25, 0.3) is 0 Å². The molecule has 1 aliphatic carbocycles. The lowest BCUT2D eigenvalue weighted by molar-refractivity contribution is -0.123. The minimum atomic E-state index is -0.0756. The molecule has 1 N–H and O–H groups in total. The monoisotopic (exact) mass is 328 g/mol. The molecule has 2 aliphatic rings. The molecule has 2 aromatic heterocycles. The number of aryl methyl sites for hydroxylation is 1. The van der Waals surface area contributed by atoms with E-state index < -0.39 is 0 Å². The molecule has 4 atom stereocenters. The number of carbonyl (C=O) groups excluding carboxylic acids is 1. The van der Waals surface area contributed by atoms with Gasteiger partial charge in [0.05, 0.1) is 6.04 Å². The molecule has 0 unspecified atom stereocenters. The molecular weight excluding hydrogens is 308 g/mol. The zero-order valence-electron chi connectivity index (χ0n) is 13.1. The molecule has 1 saturated carbocycles. The maximum Gasteiger partial charge on any atom is 0.224 e. The Bertz CT molecular complexity index is 700. The predicted octanol–water partition coefficient (Wildman–Crippen LogP) is 3.20. The number of thiophene rings is 1. The van der Waals surface area contributed by atoms with Crippen LogP contribution >= 0.6 is 11.3 Å². The van der Waals surface area contributed by atoms with Crippen molar-refractivity contribution in [2.45, 2.75) is 37.8 Å². The number of amides is 1. The molecule has 0 spiro atoms. The Balaban J connectivity index is 1.40. The van der Waals surface area contributed by atoms with Gasteiger partial charge in [0.15, 0.2) is 0 Å². The minimum absolute atomic E-state index is 0.0531. The summed E-state index contributed by atoms with van der Waals surface area (Å²) in [5, 5.41) is 5.33. The van der Waals surface area contributed by atoms with Crippen LogP contribution in [0, 0.1) is 12.8 Å². The number of aromatic nitrogens is 1. The van der Waals surface area contributed by atoms with Crippen molar-refractivity contribution in [3.05, 3.63) is 52.0 Å². The predicted molar refractivity (Wildman–Crippen MR) is 89.4 cm³/mol. The highest BCUT2D eigenvalue weighted by molar-refractivity contribution is 7.10. The summed E-state index contributed by atoms with van der Waals surface area (Å²) in [7, 11) is 0. The second-order valence-electron chi connectivity index (χ2n) is 6.40. The summed E-state index contributed by atoms with van der Waals surface area (Å²) < 4.78 is 5.82. The van der Waals surface area contributed by atoms with Gasteiger partial charge < -0.3 is 10.1 Å². The lowest BCUT2D eigenvalue weighted by Crippen LogP contribution is -2.38. The number of ether oxygens (including phenoxy) is 1. The van der Waals surface area contributed by atoms with Crippen molar-refractivity contribution in [1.82, 2.24) is 10.3 Å². The van der Waals surface area contributed by atoms with Crippen LogP contribution in [0.1, 0.15) is 40.9 Å². The highest BCUT2D eigenvalue weighted by Gasteiger charge is 2.46. The second kappa shape index (κ2) is 6.06. The minimum Gasteiger partial charge on any atom is -0.371 e. The van der Waals surface area contributed by atoms with Crippen LogP contribution in [0.5, 0.6) is 0 Å². The first kappa shape index (κ1) is 14.8. The Morgan fingerprint density at radius 1 is 1.43 bits per heavy atom. The third kappa shape index (κ3) is 2.91. The molecule has 0 radical (unpaired) electrons. The number of nitrogens with zero attached hydrogens (tertiary/aromatic N) is 1. The zero-order chi connectivity index (χ0) is 15.8.